The maximum Gasteiger partial charge on any atom is 0.261 e. The quantitative estimate of drug-likeness (QED) is 0.733. The summed E-state index contributed by atoms with van der Waals surface area (Å²) < 4.78 is 1.29. The third kappa shape index (κ3) is 3.78. The van der Waals surface area contributed by atoms with E-state index in [1.807, 2.05) is 24.3 Å². The van der Waals surface area contributed by atoms with Crippen LogP contribution in [0.2, 0.25) is 5.02 Å². The van der Waals surface area contributed by atoms with Gasteiger partial charge in [0.1, 0.15) is 6.54 Å². The highest BCUT2D eigenvalue weighted by Crippen LogP contribution is 2.26. The van der Waals surface area contributed by atoms with E-state index in [0.29, 0.717) is 21.8 Å². The smallest absolute Gasteiger partial charge is 0.261 e. The molecule has 0 aliphatic rings. The molecule has 3 aromatic rings. The second-order valence-electron chi connectivity index (χ2n) is 6.28. The lowest BCUT2D eigenvalue weighted by Gasteiger charge is -2.16. The molecule has 0 radical (unpaired) electrons. The van der Waals surface area contributed by atoms with Crippen molar-refractivity contribution in [3.63, 3.8) is 0 Å². The Labute approximate surface area is 156 Å². The molecule has 1 atom stereocenters. The number of rotatable bonds is 5. The first-order valence-corrected chi connectivity index (χ1v) is 8.91. The van der Waals surface area contributed by atoms with E-state index in [0.717, 1.165) is 17.7 Å². The summed E-state index contributed by atoms with van der Waals surface area (Å²) in [4.78, 5) is 29.3. The van der Waals surface area contributed by atoms with Gasteiger partial charge in [0, 0.05) is 10.7 Å². The summed E-state index contributed by atoms with van der Waals surface area (Å²) in [6.45, 7) is 4.12. The van der Waals surface area contributed by atoms with Crippen molar-refractivity contribution in [1.29, 1.82) is 0 Å². The average Bonchev–Trinajstić information content (AvgIpc) is 2.64. The molecule has 0 fully saturated rings. The molecule has 1 N–H and O–H groups in total. The van der Waals surface area contributed by atoms with Gasteiger partial charge in [0.25, 0.3) is 5.56 Å². The Morgan fingerprint density at radius 2 is 2.04 bits per heavy atom. The van der Waals surface area contributed by atoms with Crippen LogP contribution in [0.4, 0.5) is 5.69 Å². The van der Waals surface area contributed by atoms with Gasteiger partial charge in [-0.25, -0.2) is 4.98 Å². The first-order valence-electron chi connectivity index (χ1n) is 8.53. The number of carbonyl (C=O) groups is 1. The lowest BCUT2D eigenvalue weighted by atomic mass is 9.97. The zero-order valence-corrected chi connectivity index (χ0v) is 15.5. The van der Waals surface area contributed by atoms with Crippen LogP contribution in [0.5, 0.6) is 0 Å². The molecule has 1 aromatic heterocycles. The Morgan fingerprint density at radius 3 is 2.81 bits per heavy atom. The monoisotopic (exact) mass is 369 g/mol. The van der Waals surface area contributed by atoms with Gasteiger partial charge >= 0.3 is 0 Å². The van der Waals surface area contributed by atoms with Crippen LogP contribution < -0.4 is 10.9 Å². The van der Waals surface area contributed by atoms with Crippen molar-refractivity contribution in [2.75, 3.05) is 5.32 Å². The molecule has 1 heterocycles. The molecular weight excluding hydrogens is 350 g/mol. The Morgan fingerprint density at radius 1 is 1.27 bits per heavy atom. The van der Waals surface area contributed by atoms with Crippen LogP contribution in [0.25, 0.3) is 10.9 Å². The molecule has 6 heteroatoms. The second kappa shape index (κ2) is 7.70. The number of amides is 1. The Hall–Kier alpha value is -2.66. The Balaban J connectivity index is 1.84. The topological polar surface area (TPSA) is 64.0 Å². The van der Waals surface area contributed by atoms with E-state index in [1.165, 1.54) is 10.9 Å². The van der Waals surface area contributed by atoms with Gasteiger partial charge in [0.2, 0.25) is 5.91 Å². The molecule has 1 amide bonds. The van der Waals surface area contributed by atoms with Crippen molar-refractivity contribution in [2.45, 2.75) is 32.7 Å². The molecule has 0 saturated carbocycles. The highest BCUT2D eigenvalue weighted by Gasteiger charge is 2.13. The van der Waals surface area contributed by atoms with Crippen LogP contribution in [0.3, 0.4) is 0 Å². The van der Waals surface area contributed by atoms with Crippen LogP contribution in [0, 0.1) is 0 Å². The number of fused-ring (bicyclic) bond motifs is 1. The number of carbonyl (C=O) groups excluding carboxylic acids is 1. The molecule has 3 rings (SSSR count). The van der Waals surface area contributed by atoms with Crippen molar-refractivity contribution in [2.24, 2.45) is 0 Å². The largest absolute Gasteiger partial charge is 0.324 e. The van der Waals surface area contributed by atoms with Gasteiger partial charge in [-0.05, 0) is 42.2 Å². The number of aromatic nitrogens is 2. The maximum absolute atomic E-state index is 12.6. The van der Waals surface area contributed by atoms with E-state index in [2.05, 4.69) is 24.1 Å². The summed E-state index contributed by atoms with van der Waals surface area (Å²) in [6.07, 6.45) is 2.36. The zero-order chi connectivity index (χ0) is 18.7. The fraction of sp³-hybridized carbons (Fsp3) is 0.250. The van der Waals surface area contributed by atoms with Crippen LogP contribution in [0.15, 0.2) is 53.6 Å². The Bertz CT molecular complexity index is 1010. The number of para-hydroxylation sites is 1. The first kappa shape index (κ1) is 18.1. The predicted octanol–water partition coefficient (Wildman–Crippen LogP) is 4.20. The summed E-state index contributed by atoms with van der Waals surface area (Å²) in [7, 11) is 0. The molecule has 0 unspecified atom stereocenters. The van der Waals surface area contributed by atoms with E-state index < -0.39 is 0 Å². The number of hydrogen-bond acceptors (Lipinski definition) is 3. The van der Waals surface area contributed by atoms with E-state index in [1.54, 1.807) is 18.2 Å². The second-order valence-corrected chi connectivity index (χ2v) is 6.72. The molecule has 0 aliphatic heterocycles. The molecule has 134 valence electrons. The van der Waals surface area contributed by atoms with Crippen molar-refractivity contribution in [1.82, 2.24) is 9.55 Å². The van der Waals surface area contributed by atoms with Crippen molar-refractivity contribution in [3.8, 4) is 0 Å². The van der Waals surface area contributed by atoms with Gasteiger partial charge < -0.3 is 5.32 Å². The average molecular weight is 370 g/mol. The standard InChI is InChI=1S/C20H20ClN3O2/c1-3-13(2)15-6-4-5-7-18(15)23-19(25)11-24-12-22-17-9-8-14(21)10-16(17)20(24)26/h4-10,12-13H,3,11H2,1-2H3,(H,23,25)/t13-/m0/s1. The minimum atomic E-state index is -0.289. The first-order chi connectivity index (χ1) is 12.5. The van der Waals surface area contributed by atoms with Gasteiger partial charge in [0.15, 0.2) is 0 Å². The predicted molar refractivity (Wildman–Crippen MR) is 105 cm³/mol. The number of halogens is 1. The van der Waals surface area contributed by atoms with Crippen LogP contribution in [0.1, 0.15) is 31.7 Å². The van der Waals surface area contributed by atoms with E-state index >= 15 is 0 Å². The maximum atomic E-state index is 12.6. The lowest BCUT2D eigenvalue weighted by molar-refractivity contribution is -0.116. The summed E-state index contributed by atoms with van der Waals surface area (Å²) in [5, 5.41) is 3.76. The zero-order valence-electron chi connectivity index (χ0n) is 14.7. The lowest BCUT2D eigenvalue weighted by Crippen LogP contribution is -2.28. The Kier molecular flexibility index (Phi) is 5.38. The molecule has 0 aliphatic carbocycles. The summed E-state index contributed by atoms with van der Waals surface area (Å²) in [5.74, 6) is 0.0599. The fourth-order valence-electron chi connectivity index (χ4n) is 2.85. The van der Waals surface area contributed by atoms with Crippen molar-refractivity contribution < 1.29 is 4.79 Å². The van der Waals surface area contributed by atoms with Gasteiger partial charge in [-0.1, -0.05) is 43.6 Å². The van der Waals surface area contributed by atoms with Gasteiger partial charge in [-0.2, -0.15) is 0 Å². The molecule has 0 bridgehead atoms. The number of benzene rings is 2. The minimum absolute atomic E-state index is 0.108. The van der Waals surface area contributed by atoms with Gasteiger partial charge in [-0.3, -0.25) is 14.2 Å². The number of nitrogens with zero attached hydrogens (tertiary/aromatic N) is 2. The molecule has 0 spiro atoms. The number of nitrogens with one attached hydrogen (secondary N) is 1. The minimum Gasteiger partial charge on any atom is -0.324 e. The van der Waals surface area contributed by atoms with Gasteiger partial charge in [0.05, 0.1) is 17.2 Å². The summed E-state index contributed by atoms with van der Waals surface area (Å²) in [5.41, 5.74) is 2.12. The van der Waals surface area contributed by atoms with Crippen molar-refractivity contribution in [3.05, 3.63) is 69.7 Å². The molecule has 2 aromatic carbocycles. The van der Waals surface area contributed by atoms with E-state index in [-0.39, 0.29) is 18.0 Å². The molecule has 5 nitrogen and oxygen atoms in total. The van der Waals surface area contributed by atoms with E-state index in [9.17, 15) is 9.59 Å². The van der Waals surface area contributed by atoms with Crippen LogP contribution in [-0.4, -0.2) is 15.5 Å². The third-order valence-electron chi connectivity index (χ3n) is 4.48. The van der Waals surface area contributed by atoms with E-state index in [4.69, 9.17) is 11.6 Å². The normalized spacial score (nSPS) is 12.1. The highest BCUT2D eigenvalue weighted by atomic mass is 35.5. The molecule has 26 heavy (non-hydrogen) atoms. The van der Waals surface area contributed by atoms with Crippen LogP contribution in [-0.2, 0) is 11.3 Å². The molecule has 0 saturated heterocycles. The van der Waals surface area contributed by atoms with Gasteiger partial charge in [-0.15, -0.1) is 0 Å². The summed E-state index contributed by atoms with van der Waals surface area (Å²) >= 11 is 5.96. The number of hydrogen-bond donors (Lipinski definition) is 1. The third-order valence-corrected chi connectivity index (χ3v) is 4.71. The number of anilines is 1. The van der Waals surface area contributed by atoms with Crippen LogP contribution >= 0.6 is 11.6 Å². The summed E-state index contributed by atoms with van der Waals surface area (Å²) in [6, 6.07) is 12.7. The SMILES string of the molecule is CC[C@H](C)c1ccccc1NC(=O)Cn1cnc2ccc(Cl)cc2c1=O. The highest BCUT2D eigenvalue weighted by molar-refractivity contribution is 6.31. The molecular formula is C20H20ClN3O2. The fourth-order valence-corrected chi connectivity index (χ4v) is 3.02. The van der Waals surface area contributed by atoms with Crippen molar-refractivity contribution >= 4 is 34.1 Å².